The average Bonchev–Trinajstić information content (AvgIpc) is 2.59. The molecule has 96 valence electrons. The molecule has 7 heteroatoms. The molecule has 17 heavy (non-hydrogen) atoms. The van der Waals surface area contributed by atoms with Crippen molar-refractivity contribution in [3.63, 3.8) is 0 Å². The summed E-state index contributed by atoms with van der Waals surface area (Å²) in [4.78, 5) is 1.21. The first-order chi connectivity index (χ1) is 7.99. The Bertz CT molecular complexity index is 492. The maximum atomic E-state index is 12.2. The van der Waals surface area contributed by atoms with Crippen LogP contribution in [0, 0.1) is 6.92 Å². The van der Waals surface area contributed by atoms with Crippen LogP contribution in [0.5, 0.6) is 0 Å². The quantitative estimate of drug-likeness (QED) is 0.884. The van der Waals surface area contributed by atoms with Crippen molar-refractivity contribution in [3.05, 3.63) is 14.7 Å². The summed E-state index contributed by atoms with van der Waals surface area (Å²) in [6.45, 7) is 3.57. The molecular weight excluding hydrogens is 324 g/mol. The Morgan fingerprint density at radius 2 is 2.12 bits per heavy atom. The van der Waals surface area contributed by atoms with Crippen molar-refractivity contribution in [2.24, 2.45) is 0 Å². The number of rotatable bonds is 3. The molecular formula is C10H15BrN2O2S2. The zero-order valence-electron chi connectivity index (χ0n) is 9.49. The van der Waals surface area contributed by atoms with E-state index in [0.717, 1.165) is 34.6 Å². The molecule has 1 aromatic heterocycles. The first kappa shape index (κ1) is 13.5. The van der Waals surface area contributed by atoms with Gasteiger partial charge in [0, 0.05) is 10.9 Å². The number of aryl methyl sites for hydroxylation is 1. The molecule has 0 aliphatic carbocycles. The summed E-state index contributed by atoms with van der Waals surface area (Å²) in [5, 5.41) is 3.22. The largest absolute Gasteiger partial charge is 0.317 e. The fourth-order valence-electron chi connectivity index (χ4n) is 1.92. The van der Waals surface area contributed by atoms with Crippen molar-refractivity contribution in [1.82, 2.24) is 10.0 Å². The molecule has 0 bridgehead atoms. The Morgan fingerprint density at radius 1 is 1.47 bits per heavy atom. The van der Waals surface area contributed by atoms with Crippen LogP contribution in [0.15, 0.2) is 14.7 Å². The van der Waals surface area contributed by atoms with E-state index in [9.17, 15) is 8.42 Å². The topological polar surface area (TPSA) is 58.2 Å². The minimum Gasteiger partial charge on any atom is -0.317 e. The molecule has 0 saturated carbocycles. The number of thiophene rings is 1. The summed E-state index contributed by atoms with van der Waals surface area (Å²) in [5.41, 5.74) is 0. The average molecular weight is 339 g/mol. The van der Waals surface area contributed by atoms with Gasteiger partial charge in [0.05, 0.1) is 8.68 Å². The third-order valence-corrected chi connectivity index (χ3v) is 6.12. The minimum atomic E-state index is -3.37. The molecule has 0 spiro atoms. The molecule has 2 rings (SSSR count). The summed E-state index contributed by atoms with van der Waals surface area (Å²) < 4.78 is 28.0. The third-order valence-electron chi connectivity index (χ3n) is 2.79. The molecule has 1 saturated heterocycles. The zero-order valence-corrected chi connectivity index (χ0v) is 12.7. The van der Waals surface area contributed by atoms with Crippen LogP contribution < -0.4 is 10.0 Å². The van der Waals surface area contributed by atoms with E-state index in [1.54, 1.807) is 6.07 Å². The standard InChI is InChI=1S/C10H15BrN2O2S2/c1-7-9(6-10(11)16-7)17(14,15)13-8-2-4-12-5-3-8/h6,8,12-13H,2-5H2,1H3. The Balaban J connectivity index is 2.15. The molecule has 1 fully saturated rings. The maximum absolute atomic E-state index is 12.2. The summed E-state index contributed by atoms with van der Waals surface area (Å²) >= 11 is 4.76. The number of sulfonamides is 1. The summed E-state index contributed by atoms with van der Waals surface area (Å²) in [5.74, 6) is 0. The van der Waals surface area contributed by atoms with Gasteiger partial charge < -0.3 is 5.32 Å². The number of halogens is 1. The molecule has 0 atom stereocenters. The van der Waals surface area contributed by atoms with Gasteiger partial charge in [-0.05, 0) is 54.9 Å². The number of piperidine rings is 1. The lowest BCUT2D eigenvalue weighted by atomic mass is 10.1. The molecule has 4 nitrogen and oxygen atoms in total. The van der Waals surface area contributed by atoms with Gasteiger partial charge in [0.15, 0.2) is 0 Å². The molecule has 1 aliphatic heterocycles. The van der Waals surface area contributed by atoms with Gasteiger partial charge in [-0.3, -0.25) is 0 Å². The predicted octanol–water partition coefficient (Wildman–Crippen LogP) is 1.85. The number of nitrogens with one attached hydrogen (secondary N) is 2. The molecule has 2 heterocycles. The van der Waals surface area contributed by atoms with Crippen molar-refractivity contribution in [2.75, 3.05) is 13.1 Å². The molecule has 0 aromatic carbocycles. The fraction of sp³-hybridized carbons (Fsp3) is 0.600. The van der Waals surface area contributed by atoms with Crippen LogP contribution in [0.25, 0.3) is 0 Å². The number of hydrogen-bond acceptors (Lipinski definition) is 4. The van der Waals surface area contributed by atoms with Gasteiger partial charge in [-0.25, -0.2) is 13.1 Å². The Morgan fingerprint density at radius 3 is 2.65 bits per heavy atom. The van der Waals surface area contributed by atoms with Crippen LogP contribution in [0.1, 0.15) is 17.7 Å². The van der Waals surface area contributed by atoms with Crippen molar-refractivity contribution < 1.29 is 8.42 Å². The lowest BCUT2D eigenvalue weighted by Crippen LogP contribution is -2.42. The van der Waals surface area contributed by atoms with E-state index in [0.29, 0.717) is 4.90 Å². The molecule has 2 N–H and O–H groups in total. The van der Waals surface area contributed by atoms with E-state index in [4.69, 9.17) is 0 Å². The van der Waals surface area contributed by atoms with E-state index in [2.05, 4.69) is 26.0 Å². The lowest BCUT2D eigenvalue weighted by Gasteiger charge is -2.23. The van der Waals surface area contributed by atoms with E-state index in [1.165, 1.54) is 11.3 Å². The third kappa shape index (κ3) is 3.29. The molecule has 0 amide bonds. The van der Waals surface area contributed by atoms with E-state index in [-0.39, 0.29) is 6.04 Å². The van der Waals surface area contributed by atoms with Crippen molar-refractivity contribution in [1.29, 1.82) is 0 Å². The summed E-state index contributed by atoms with van der Waals surface area (Å²) in [6.07, 6.45) is 1.70. The zero-order chi connectivity index (χ0) is 12.5. The smallest absolute Gasteiger partial charge is 0.241 e. The van der Waals surface area contributed by atoms with Gasteiger partial charge in [0.25, 0.3) is 0 Å². The van der Waals surface area contributed by atoms with Crippen LogP contribution >= 0.6 is 27.3 Å². The Labute approximate surface area is 114 Å². The highest BCUT2D eigenvalue weighted by molar-refractivity contribution is 9.11. The second kappa shape index (κ2) is 5.36. The van der Waals surface area contributed by atoms with Crippen LogP contribution in [0.4, 0.5) is 0 Å². The lowest BCUT2D eigenvalue weighted by molar-refractivity contribution is 0.427. The molecule has 0 radical (unpaired) electrons. The number of hydrogen-bond donors (Lipinski definition) is 2. The molecule has 1 aliphatic rings. The van der Waals surface area contributed by atoms with E-state index in [1.807, 2.05) is 6.92 Å². The van der Waals surface area contributed by atoms with E-state index >= 15 is 0 Å². The van der Waals surface area contributed by atoms with Gasteiger partial charge in [0.2, 0.25) is 10.0 Å². The van der Waals surface area contributed by atoms with Gasteiger partial charge in [0.1, 0.15) is 0 Å². The second-order valence-corrected chi connectivity index (χ2v) is 8.43. The van der Waals surface area contributed by atoms with Crippen LogP contribution in [-0.2, 0) is 10.0 Å². The first-order valence-electron chi connectivity index (χ1n) is 5.48. The molecule has 0 unspecified atom stereocenters. The Kier molecular flexibility index (Phi) is 4.25. The highest BCUT2D eigenvalue weighted by atomic mass is 79.9. The van der Waals surface area contributed by atoms with Crippen LogP contribution in [-0.4, -0.2) is 27.5 Å². The van der Waals surface area contributed by atoms with E-state index < -0.39 is 10.0 Å². The monoisotopic (exact) mass is 338 g/mol. The minimum absolute atomic E-state index is 0.0549. The van der Waals surface area contributed by atoms with Crippen molar-refractivity contribution >= 4 is 37.3 Å². The fourth-order valence-corrected chi connectivity index (χ4v) is 5.64. The maximum Gasteiger partial charge on any atom is 0.241 e. The van der Waals surface area contributed by atoms with Crippen molar-refractivity contribution in [3.8, 4) is 0 Å². The Hall–Kier alpha value is 0.0500. The summed E-state index contributed by atoms with van der Waals surface area (Å²) in [7, 11) is -3.37. The normalized spacial score (nSPS) is 18.5. The second-order valence-electron chi connectivity index (χ2n) is 4.12. The highest BCUT2D eigenvalue weighted by Crippen LogP contribution is 2.29. The van der Waals surface area contributed by atoms with Gasteiger partial charge >= 0.3 is 0 Å². The molecule has 1 aromatic rings. The van der Waals surface area contributed by atoms with Crippen molar-refractivity contribution in [2.45, 2.75) is 30.7 Å². The van der Waals surface area contributed by atoms with Crippen LogP contribution in [0.3, 0.4) is 0 Å². The van der Waals surface area contributed by atoms with Crippen LogP contribution in [0.2, 0.25) is 0 Å². The predicted molar refractivity (Wildman–Crippen MR) is 73.0 cm³/mol. The van der Waals surface area contributed by atoms with Gasteiger partial charge in [-0.15, -0.1) is 11.3 Å². The highest BCUT2D eigenvalue weighted by Gasteiger charge is 2.24. The summed E-state index contributed by atoms with van der Waals surface area (Å²) in [6, 6.07) is 1.72. The van der Waals surface area contributed by atoms with Gasteiger partial charge in [-0.1, -0.05) is 0 Å². The van der Waals surface area contributed by atoms with Gasteiger partial charge in [-0.2, -0.15) is 0 Å². The first-order valence-corrected chi connectivity index (χ1v) is 8.57. The SMILES string of the molecule is Cc1sc(Br)cc1S(=O)(=O)NC1CCNCC1.